The van der Waals surface area contributed by atoms with Gasteiger partial charge in [-0.1, -0.05) is 42.5 Å². The molecular formula is C18H20N2O. The molecule has 0 spiro atoms. The summed E-state index contributed by atoms with van der Waals surface area (Å²) < 4.78 is 0. The molecule has 0 saturated heterocycles. The molecule has 1 amide bonds. The standard InChI is InChI=1S/C18H20N2O/c1-20-10-8-13(9-11-20)15-5-3-6-16-14(12-18(19)21)4-2-7-17(15)16/h2-8H,9-12H2,1H3,(H2,19,21). The van der Waals surface area contributed by atoms with E-state index in [-0.39, 0.29) is 5.91 Å². The number of nitrogens with zero attached hydrogens (tertiary/aromatic N) is 1. The van der Waals surface area contributed by atoms with Crippen molar-refractivity contribution < 1.29 is 4.79 Å². The topological polar surface area (TPSA) is 46.3 Å². The highest BCUT2D eigenvalue weighted by atomic mass is 16.1. The van der Waals surface area contributed by atoms with Crippen LogP contribution in [-0.2, 0) is 11.2 Å². The summed E-state index contributed by atoms with van der Waals surface area (Å²) in [7, 11) is 2.14. The zero-order valence-electron chi connectivity index (χ0n) is 12.3. The second-order valence-electron chi connectivity index (χ2n) is 5.70. The first-order valence-corrected chi connectivity index (χ1v) is 7.32. The summed E-state index contributed by atoms with van der Waals surface area (Å²) in [6.07, 6.45) is 3.66. The third kappa shape index (κ3) is 2.83. The molecule has 0 unspecified atom stereocenters. The minimum Gasteiger partial charge on any atom is -0.369 e. The zero-order valence-corrected chi connectivity index (χ0v) is 12.3. The van der Waals surface area contributed by atoms with Crippen molar-refractivity contribution in [3.63, 3.8) is 0 Å². The van der Waals surface area contributed by atoms with Crippen molar-refractivity contribution in [1.82, 2.24) is 4.90 Å². The van der Waals surface area contributed by atoms with Crippen LogP contribution in [0.15, 0.2) is 42.5 Å². The second-order valence-corrected chi connectivity index (χ2v) is 5.70. The van der Waals surface area contributed by atoms with E-state index in [4.69, 9.17) is 5.73 Å². The Bertz CT molecular complexity index is 718. The van der Waals surface area contributed by atoms with E-state index in [1.807, 2.05) is 12.1 Å². The van der Waals surface area contributed by atoms with Crippen LogP contribution in [0.1, 0.15) is 17.5 Å². The lowest BCUT2D eigenvalue weighted by Crippen LogP contribution is -2.23. The van der Waals surface area contributed by atoms with Gasteiger partial charge < -0.3 is 10.6 Å². The first-order chi connectivity index (χ1) is 10.1. The average molecular weight is 280 g/mol. The van der Waals surface area contributed by atoms with Crippen molar-refractivity contribution >= 4 is 22.3 Å². The molecule has 0 bridgehead atoms. The van der Waals surface area contributed by atoms with Gasteiger partial charge in [0.25, 0.3) is 0 Å². The number of likely N-dealkylation sites (N-methyl/N-ethyl adjacent to an activating group) is 1. The Labute approximate surface area is 125 Å². The van der Waals surface area contributed by atoms with Crippen LogP contribution in [0.5, 0.6) is 0 Å². The molecule has 0 fully saturated rings. The van der Waals surface area contributed by atoms with Gasteiger partial charge >= 0.3 is 0 Å². The van der Waals surface area contributed by atoms with Crippen LogP contribution in [0.3, 0.4) is 0 Å². The van der Waals surface area contributed by atoms with Gasteiger partial charge in [0, 0.05) is 13.1 Å². The molecule has 108 valence electrons. The van der Waals surface area contributed by atoms with Crippen LogP contribution < -0.4 is 5.73 Å². The Balaban J connectivity index is 2.10. The molecule has 0 radical (unpaired) electrons. The molecule has 2 aromatic carbocycles. The maximum atomic E-state index is 11.2. The molecule has 3 rings (SSSR count). The summed E-state index contributed by atoms with van der Waals surface area (Å²) in [5, 5.41) is 2.35. The van der Waals surface area contributed by atoms with E-state index in [1.54, 1.807) is 0 Å². The van der Waals surface area contributed by atoms with Gasteiger partial charge in [0.1, 0.15) is 0 Å². The Morgan fingerprint density at radius 3 is 2.67 bits per heavy atom. The summed E-state index contributed by atoms with van der Waals surface area (Å²) in [5.41, 5.74) is 9.05. The van der Waals surface area contributed by atoms with E-state index in [2.05, 4.69) is 42.3 Å². The molecule has 3 heteroatoms. The third-order valence-corrected chi connectivity index (χ3v) is 4.14. The number of fused-ring (bicyclic) bond motifs is 1. The Hall–Kier alpha value is -2.13. The van der Waals surface area contributed by atoms with E-state index in [0.717, 1.165) is 30.5 Å². The van der Waals surface area contributed by atoms with Crippen molar-refractivity contribution in [2.24, 2.45) is 5.73 Å². The van der Waals surface area contributed by atoms with Gasteiger partial charge in [-0.15, -0.1) is 0 Å². The molecular weight excluding hydrogens is 260 g/mol. The first-order valence-electron chi connectivity index (χ1n) is 7.32. The number of nitrogens with two attached hydrogens (primary N) is 1. The minimum atomic E-state index is -0.286. The number of hydrogen-bond acceptors (Lipinski definition) is 2. The van der Waals surface area contributed by atoms with Gasteiger partial charge in [-0.3, -0.25) is 4.79 Å². The molecule has 0 aromatic heterocycles. The van der Waals surface area contributed by atoms with Crippen LogP contribution >= 0.6 is 0 Å². The van der Waals surface area contributed by atoms with Gasteiger partial charge in [0.05, 0.1) is 6.42 Å². The van der Waals surface area contributed by atoms with Gasteiger partial charge in [-0.05, 0) is 40.9 Å². The second kappa shape index (κ2) is 5.70. The summed E-state index contributed by atoms with van der Waals surface area (Å²) in [6, 6.07) is 12.5. The van der Waals surface area contributed by atoms with Gasteiger partial charge in [-0.2, -0.15) is 0 Å². The van der Waals surface area contributed by atoms with Crippen molar-refractivity contribution in [3.8, 4) is 0 Å². The predicted octanol–water partition coefficient (Wildman–Crippen LogP) is 2.59. The Morgan fingerprint density at radius 2 is 1.95 bits per heavy atom. The van der Waals surface area contributed by atoms with E-state index in [9.17, 15) is 4.79 Å². The zero-order chi connectivity index (χ0) is 14.8. The lowest BCUT2D eigenvalue weighted by atomic mass is 9.92. The van der Waals surface area contributed by atoms with Crippen LogP contribution in [0, 0.1) is 0 Å². The molecule has 1 aliphatic heterocycles. The van der Waals surface area contributed by atoms with Crippen LogP contribution in [0.4, 0.5) is 0 Å². The number of benzene rings is 2. The van der Waals surface area contributed by atoms with Crippen LogP contribution in [0.25, 0.3) is 16.3 Å². The van der Waals surface area contributed by atoms with Gasteiger partial charge in [0.2, 0.25) is 5.91 Å². The maximum Gasteiger partial charge on any atom is 0.221 e. The van der Waals surface area contributed by atoms with Crippen molar-refractivity contribution in [2.75, 3.05) is 20.1 Å². The number of primary amides is 1. The maximum absolute atomic E-state index is 11.2. The highest BCUT2D eigenvalue weighted by Gasteiger charge is 2.13. The fourth-order valence-electron chi connectivity index (χ4n) is 3.01. The van der Waals surface area contributed by atoms with Gasteiger partial charge in [0.15, 0.2) is 0 Å². The smallest absolute Gasteiger partial charge is 0.221 e. The van der Waals surface area contributed by atoms with E-state index < -0.39 is 0 Å². The first kappa shape index (κ1) is 13.8. The SMILES string of the molecule is CN1CC=C(c2cccc3c(CC(N)=O)cccc23)CC1. The molecule has 1 aliphatic rings. The predicted molar refractivity (Wildman–Crippen MR) is 86.9 cm³/mol. The normalized spacial score (nSPS) is 16.0. The van der Waals surface area contributed by atoms with Gasteiger partial charge in [-0.25, -0.2) is 0 Å². The summed E-state index contributed by atoms with van der Waals surface area (Å²) in [6.45, 7) is 2.08. The monoisotopic (exact) mass is 280 g/mol. The highest BCUT2D eigenvalue weighted by molar-refractivity contribution is 5.97. The fourth-order valence-corrected chi connectivity index (χ4v) is 3.01. The molecule has 3 nitrogen and oxygen atoms in total. The minimum absolute atomic E-state index is 0.286. The highest BCUT2D eigenvalue weighted by Crippen LogP contribution is 2.30. The van der Waals surface area contributed by atoms with Crippen molar-refractivity contribution in [3.05, 3.63) is 53.6 Å². The number of amides is 1. The lowest BCUT2D eigenvalue weighted by molar-refractivity contribution is -0.117. The molecule has 0 aliphatic carbocycles. The molecule has 1 heterocycles. The molecule has 2 aromatic rings. The van der Waals surface area contributed by atoms with E-state index in [0.29, 0.717) is 6.42 Å². The molecule has 0 saturated carbocycles. The Morgan fingerprint density at radius 1 is 1.19 bits per heavy atom. The summed E-state index contributed by atoms with van der Waals surface area (Å²) in [4.78, 5) is 13.6. The third-order valence-electron chi connectivity index (χ3n) is 4.14. The number of carbonyl (C=O) groups is 1. The molecule has 2 N–H and O–H groups in total. The summed E-state index contributed by atoms with van der Waals surface area (Å²) in [5.74, 6) is -0.286. The number of rotatable bonds is 3. The largest absolute Gasteiger partial charge is 0.369 e. The summed E-state index contributed by atoms with van der Waals surface area (Å²) >= 11 is 0. The van der Waals surface area contributed by atoms with Crippen LogP contribution in [0.2, 0.25) is 0 Å². The molecule has 0 atom stereocenters. The quantitative estimate of drug-likeness (QED) is 0.939. The Kier molecular flexibility index (Phi) is 3.76. The molecule has 21 heavy (non-hydrogen) atoms. The fraction of sp³-hybridized carbons (Fsp3) is 0.278. The van der Waals surface area contributed by atoms with Crippen molar-refractivity contribution in [2.45, 2.75) is 12.8 Å². The van der Waals surface area contributed by atoms with E-state index >= 15 is 0 Å². The number of hydrogen-bond donors (Lipinski definition) is 1. The van der Waals surface area contributed by atoms with E-state index in [1.165, 1.54) is 16.5 Å². The van der Waals surface area contributed by atoms with Crippen molar-refractivity contribution in [1.29, 1.82) is 0 Å². The van der Waals surface area contributed by atoms with Crippen LogP contribution in [-0.4, -0.2) is 30.9 Å². The lowest BCUT2D eigenvalue weighted by Gasteiger charge is -2.23. The number of carbonyl (C=O) groups excluding carboxylic acids is 1. The average Bonchev–Trinajstić information content (AvgIpc) is 2.47.